The molecule has 2 heterocycles. The molecule has 7 heteroatoms. The first kappa shape index (κ1) is 11.8. The number of aryl methyl sites for hydroxylation is 1. The summed E-state index contributed by atoms with van der Waals surface area (Å²) in [7, 11) is 0. The van der Waals surface area contributed by atoms with Crippen LogP contribution in [0.2, 0.25) is 0 Å². The zero-order valence-electron chi connectivity index (χ0n) is 9.83. The Bertz CT molecular complexity index is 793. The van der Waals surface area contributed by atoms with Gasteiger partial charge in [0, 0.05) is 28.9 Å². The Hall–Kier alpha value is -2.28. The van der Waals surface area contributed by atoms with Crippen LogP contribution in [0.4, 0.5) is 10.1 Å². The van der Waals surface area contributed by atoms with Gasteiger partial charge >= 0.3 is 5.69 Å². The van der Waals surface area contributed by atoms with Gasteiger partial charge in [-0.3, -0.25) is 14.5 Å². The molecule has 0 atom stereocenters. The summed E-state index contributed by atoms with van der Waals surface area (Å²) in [5.74, 6) is -0.842. The normalized spacial score (nSPS) is 11.1. The maximum Gasteiger partial charge on any atom is 0.305 e. The van der Waals surface area contributed by atoms with Crippen LogP contribution in [-0.4, -0.2) is 14.3 Å². The summed E-state index contributed by atoms with van der Waals surface area (Å²) >= 11 is 1.49. The molecule has 0 fully saturated rings. The van der Waals surface area contributed by atoms with E-state index >= 15 is 0 Å². The first-order valence-corrected chi connectivity index (χ1v) is 6.32. The molecule has 5 nitrogen and oxygen atoms in total. The molecule has 0 saturated heterocycles. The molecule has 0 bridgehead atoms. The van der Waals surface area contributed by atoms with Crippen molar-refractivity contribution < 1.29 is 9.31 Å². The minimum absolute atomic E-state index is 0.531. The molecular weight excluding hydrogens is 269 g/mol. The quantitative estimate of drug-likeness (QED) is 0.532. The van der Waals surface area contributed by atoms with Crippen molar-refractivity contribution in [2.75, 3.05) is 0 Å². The second kappa shape index (κ2) is 4.13. The number of nitro groups is 1. The van der Waals surface area contributed by atoms with E-state index in [-0.39, 0.29) is 0 Å². The van der Waals surface area contributed by atoms with E-state index < -0.39 is 16.4 Å². The predicted octanol–water partition coefficient (Wildman–Crippen LogP) is 3.42. The fourth-order valence-electron chi connectivity index (χ4n) is 1.84. The Balaban J connectivity index is 2.15. The van der Waals surface area contributed by atoms with Crippen LogP contribution < -0.4 is 0 Å². The number of nitrogens with zero attached hydrogens (tertiary/aromatic N) is 3. The van der Waals surface area contributed by atoms with Crippen molar-refractivity contribution in [2.24, 2.45) is 0 Å². The predicted molar refractivity (Wildman–Crippen MR) is 69.9 cm³/mol. The maximum absolute atomic E-state index is 13.3. The van der Waals surface area contributed by atoms with Gasteiger partial charge in [0.2, 0.25) is 5.82 Å². The van der Waals surface area contributed by atoms with Crippen molar-refractivity contribution in [3.8, 4) is 11.3 Å². The van der Waals surface area contributed by atoms with Crippen molar-refractivity contribution in [3.63, 3.8) is 0 Å². The highest BCUT2D eigenvalue weighted by Crippen LogP contribution is 2.27. The summed E-state index contributed by atoms with van der Waals surface area (Å²) in [6, 6.07) is 3.79. The van der Waals surface area contributed by atoms with Crippen LogP contribution in [0.25, 0.3) is 16.2 Å². The maximum atomic E-state index is 13.3. The Morgan fingerprint density at radius 2 is 2.26 bits per heavy atom. The average molecular weight is 277 g/mol. The summed E-state index contributed by atoms with van der Waals surface area (Å²) in [5, 5.41) is 12.7. The second-order valence-corrected chi connectivity index (χ2v) is 4.92. The molecule has 0 aliphatic heterocycles. The molecule has 2 aromatic heterocycles. The van der Waals surface area contributed by atoms with Gasteiger partial charge in [0.25, 0.3) is 0 Å². The molecule has 3 rings (SSSR count). The lowest BCUT2D eigenvalue weighted by molar-refractivity contribution is -0.387. The summed E-state index contributed by atoms with van der Waals surface area (Å²) in [4.78, 5) is 15.2. The Morgan fingerprint density at radius 1 is 1.47 bits per heavy atom. The van der Waals surface area contributed by atoms with E-state index in [2.05, 4.69) is 4.98 Å². The zero-order chi connectivity index (χ0) is 13.6. The number of benzene rings is 1. The van der Waals surface area contributed by atoms with Crippen LogP contribution in [-0.2, 0) is 0 Å². The molecule has 0 aliphatic rings. The molecule has 0 aliphatic carbocycles. The lowest BCUT2D eigenvalue weighted by atomic mass is 10.1. The van der Waals surface area contributed by atoms with Crippen LogP contribution in [0.3, 0.4) is 0 Å². The number of hydrogen-bond acceptors (Lipinski definition) is 4. The largest absolute Gasteiger partial charge is 0.305 e. The molecule has 3 aromatic rings. The molecule has 0 radical (unpaired) electrons. The van der Waals surface area contributed by atoms with Gasteiger partial charge in [0.05, 0.1) is 10.6 Å². The van der Waals surface area contributed by atoms with Crippen LogP contribution >= 0.6 is 11.3 Å². The summed E-state index contributed by atoms with van der Waals surface area (Å²) < 4.78 is 15.2. The van der Waals surface area contributed by atoms with E-state index in [0.29, 0.717) is 11.3 Å². The first-order valence-electron chi connectivity index (χ1n) is 5.44. The molecule has 1 aromatic carbocycles. The van der Waals surface area contributed by atoms with Crippen LogP contribution in [0.1, 0.15) is 5.69 Å². The molecule has 19 heavy (non-hydrogen) atoms. The van der Waals surface area contributed by atoms with Crippen molar-refractivity contribution in [3.05, 3.63) is 51.4 Å². The van der Waals surface area contributed by atoms with E-state index in [0.717, 1.165) is 16.7 Å². The number of thiazole rings is 1. The standard InChI is InChI=1S/C12H8FN3O2S/c1-7-6-19-12-14-10(5-15(7)12)8-2-3-9(13)11(4-8)16(17)18/h2-6H,1H3. The van der Waals surface area contributed by atoms with Gasteiger partial charge in [-0.2, -0.15) is 4.39 Å². The molecule has 0 amide bonds. The highest BCUT2D eigenvalue weighted by molar-refractivity contribution is 7.15. The van der Waals surface area contributed by atoms with Gasteiger partial charge in [-0.1, -0.05) is 0 Å². The zero-order valence-corrected chi connectivity index (χ0v) is 10.6. The van der Waals surface area contributed by atoms with Gasteiger partial charge in [-0.15, -0.1) is 11.3 Å². The van der Waals surface area contributed by atoms with Crippen LogP contribution in [0.5, 0.6) is 0 Å². The van der Waals surface area contributed by atoms with E-state index in [1.165, 1.54) is 23.5 Å². The topological polar surface area (TPSA) is 60.4 Å². The first-order chi connectivity index (χ1) is 9.06. The molecule has 0 N–H and O–H groups in total. The number of hydrogen-bond donors (Lipinski definition) is 0. The van der Waals surface area contributed by atoms with Crippen molar-refractivity contribution in [1.82, 2.24) is 9.38 Å². The van der Waals surface area contributed by atoms with Gasteiger partial charge in [-0.05, 0) is 19.1 Å². The minimum Gasteiger partial charge on any atom is -0.294 e. The lowest BCUT2D eigenvalue weighted by Crippen LogP contribution is -1.92. The lowest BCUT2D eigenvalue weighted by Gasteiger charge is -1.98. The highest BCUT2D eigenvalue weighted by Gasteiger charge is 2.16. The summed E-state index contributed by atoms with van der Waals surface area (Å²) in [6.07, 6.45) is 1.79. The fourth-order valence-corrected chi connectivity index (χ4v) is 2.70. The number of nitro benzene ring substituents is 1. The molecular formula is C12H8FN3O2S. The number of imidazole rings is 1. The van der Waals surface area contributed by atoms with E-state index in [4.69, 9.17) is 0 Å². The van der Waals surface area contributed by atoms with Crippen molar-refractivity contribution in [1.29, 1.82) is 0 Å². The Morgan fingerprint density at radius 3 is 2.95 bits per heavy atom. The summed E-state index contributed by atoms with van der Waals surface area (Å²) in [6.45, 7) is 1.95. The van der Waals surface area contributed by atoms with Crippen molar-refractivity contribution in [2.45, 2.75) is 6.92 Å². The molecule has 96 valence electrons. The minimum atomic E-state index is -0.842. The third-order valence-corrected chi connectivity index (χ3v) is 3.78. The van der Waals surface area contributed by atoms with E-state index in [1.807, 2.05) is 16.7 Å². The van der Waals surface area contributed by atoms with E-state index in [1.54, 1.807) is 6.20 Å². The number of fused-ring (bicyclic) bond motifs is 1. The SMILES string of the molecule is Cc1csc2nc(-c3ccc(F)c([N+](=O)[O-])c3)cn12. The van der Waals surface area contributed by atoms with Crippen molar-refractivity contribution >= 4 is 22.0 Å². The van der Waals surface area contributed by atoms with E-state index in [9.17, 15) is 14.5 Å². The number of halogens is 1. The Labute approximate surface area is 111 Å². The Kier molecular flexibility index (Phi) is 2.56. The van der Waals surface area contributed by atoms with Crippen LogP contribution in [0, 0.1) is 22.9 Å². The fraction of sp³-hybridized carbons (Fsp3) is 0.0833. The van der Waals surface area contributed by atoms with Gasteiger partial charge in [0.15, 0.2) is 4.96 Å². The molecule has 0 saturated carbocycles. The van der Waals surface area contributed by atoms with Crippen LogP contribution in [0.15, 0.2) is 29.8 Å². The average Bonchev–Trinajstić information content (AvgIpc) is 2.92. The highest BCUT2D eigenvalue weighted by atomic mass is 32.1. The molecule has 0 spiro atoms. The van der Waals surface area contributed by atoms with Gasteiger partial charge < -0.3 is 0 Å². The second-order valence-electron chi connectivity index (χ2n) is 4.08. The smallest absolute Gasteiger partial charge is 0.294 e. The third-order valence-electron chi connectivity index (χ3n) is 2.83. The summed E-state index contributed by atoms with van der Waals surface area (Å²) in [5.41, 5.74) is 1.63. The van der Waals surface area contributed by atoms with Gasteiger partial charge in [0.1, 0.15) is 0 Å². The van der Waals surface area contributed by atoms with Gasteiger partial charge in [-0.25, -0.2) is 4.98 Å². The number of rotatable bonds is 2. The molecule has 0 unspecified atom stereocenters. The number of aromatic nitrogens is 2. The third kappa shape index (κ3) is 1.88. The monoisotopic (exact) mass is 277 g/mol.